The van der Waals surface area contributed by atoms with Crippen LogP contribution in [0.1, 0.15) is 23.1 Å². The molecular weight excluding hydrogens is 403 g/mol. The normalized spacial score (nSPS) is 11.7. The SMILES string of the molecule is CCOC(=O)c1cc2nc(-c3ccc(Br)cc3)cc(C(F)(F)F)n2n1. The first-order chi connectivity index (χ1) is 11.8. The molecule has 9 heteroatoms. The van der Waals surface area contributed by atoms with Gasteiger partial charge in [-0.25, -0.2) is 14.3 Å². The molecule has 0 spiro atoms. The first-order valence-corrected chi connectivity index (χ1v) is 8.00. The van der Waals surface area contributed by atoms with Gasteiger partial charge in [-0.1, -0.05) is 28.1 Å². The summed E-state index contributed by atoms with van der Waals surface area (Å²) < 4.78 is 46.5. The second-order valence-electron chi connectivity index (χ2n) is 5.05. The number of ether oxygens (including phenoxy) is 1. The molecule has 0 saturated heterocycles. The standard InChI is InChI=1S/C16H11BrF3N3O2/c1-2-25-15(24)12-8-14-21-11(9-3-5-10(17)6-4-9)7-13(16(18,19)20)23(14)22-12/h3-8H,2H2,1H3. The number of carbonyl (C=O) groups excluding carboxylic acids is 1. The first-order valence-electron chi connectivity index (χ1n) is 7.20. The predicted molar refractivity (Wildman–Crippen MR) is 87.1 cm³/mol. The minimum absolute atomic E-state index is 0.0872. The lowest BCUT2D eigenvalue weighted by Crippen LogP contribution is -2.14. The molecular formula is C16H11BrF3N3O2. The number of benzene rings is 1. The molecule has 0 N–H and O–H groups in total. The largest absolute Gasteiger partial charge is 0.461 e. The van der Waals surface area contributed by atoms with E-state index in [0.717, 1.165) is 10.5 Å². The van der Waals surface area contributed by atoms with E-state index in [-0.39, 0.29) is 23.6 Å². The molecule has 3 aromatic rings. The van der Waals surface area contributed by atoms with Crippen molar-refractivity contribution >= 4 is 27.5 Å². The van der Waals surface area contributed by atoms with Crippen molar-refractivity contribution < 1.29 is 22.7 Å². The maximum atomic E-state index is 13.4. The van der Waals surface area contributed by atoms with Gasteiger partial charge >= 0.3 is 12.1 Å². The second-order valence-corrected chi connectivity index (χ2v) is 5.97. The molecule has 25 heavy (non-hydrogen) atoms. The number of nitrogens with zero attached hydrogens (tertiary/aromatic N) is 3. The Balaban J connectivity index is 2.20. The maximum Gasteiger partial charge on any atom is 0.433 e. The van der Waals surface area contributed by atoms with E-state index in [2.05, 4.69) is 26.0 Å². The summed E-state index contributed by atoms with van der Waals surface area (Å²) in [6.45, 7) is 1.69. The smallest absolute Gasteiger partial charge is 0.433 e. The average molecular weight is 414 g/mol. The number of esters is 1. The predicted octanol–water partition coefficient (Wildman–Crippen LogP) is 4.35. The van der Waals surface area contributed by atoms with Crippen LogP contribution in [-0.2, 0) is 10.9 Å². The van der Waals surface area contributed by atoms with Gasteiger partial charge in [0, 0.05) is 16.1 Å². The van der Waals surface area contributed by atoms with Crippen LogP contribution < -0.4 is 0 Å². The van der Waals surface area contributed by atoms with Crippen LogP contribution in [0.5, 0.6) is 0 Å². The summed E-state index contributed by atoms with van der Waals surface area (Å²) in [7, 11) is 0. The van der Waals surface area contributed by atoms with Gasteiger partial charge in [0.05, 0.1) is 12.3 Å². The Morgan fingerprint density at radius 1 is 1.24 bits per heavy atom. The van der Waals surface area contributed by atoms with Crippen LogP contribution in [-0.4, -0.2) is 27.2 Å². The number of hydrogen-bond donors (Lipinski definition) is 0. The zero-order chi connectivity index (χ0) is 18.2. The number of fused-ring (bicyclic) bond motifs is 1. The van der Waals surface area contributed by atoms with Crippen molar-refractivity contribution in [3.63, 3.8) is 0 Å². The van der Waals surface area contributed by atoms with Crippen molar-refractivity contribution in [1.82, 2.24) is 14.6 Å². The van der Waals surface area contributed by atoms with Gasteiger partial charge in [-0.05, 0) is 25.1 Å². The molecule has 0 saturated carbocycles. The van der Waals surface area contributed by atoms with Gasteiger partial charge in [0.2, 0.25) is 0 Å². The molecule has 1 aromatic carbocycles. The lowest BCUT2D eigenvalue weighted by Gasteiger charge is -2.11. The fourth-order valence-corrected chi connectivity index (χ4v) is 2.51. The van der Waals surface area contributed by atoms with Crippen LogP contribution in [0.3, 0.4) is 0 Å². The Kier molecular flexibility index (Phi) is 4.51. The van der Waals surface area contributed by atoms with E-state index in [4.69, 9.17) is 4.74 Å². The van der Waals surface area contributed by atoms with Gasteiger partial charge in [0.15, 0.2) is 17.0 Å². The first kappa shape index (κ1) is 17.4. The van der Waals surface area contributed by atoms with E-state index in [0.29, 0.717) is 10.1 Å². The number of alkyl halides is 3. The van der Waals surface area contributed by atoms with Gasteiger partial charge < -0.3 is 4.74 Å². The third-order valence-corrected chi connectivity index (χ3v) is 3.87. The van der Waals surface area contributed by atoms with Crippen molar-refractivity contribution in [2.75, 3.05) is 6.61 Å². The molecule has 0 aliphatic rings. The Bertz CT molecular complexity index is 936. The zero-order valence-corrected chi connectivity index (χ0v) is 14.4. The highest BCUT2D eigenvalue weighted by Gasteiger charge is 2.35. The summed E-state index contributed by atoms with van der Waals surface area (Å²) >= 11 is 3.27. The third-order valence-electron chi connectivity index (χ3n) is 3.34. The summed E-state index contributed by atoms with van der Waals surface area (Å²) in [6, 6.07) is 8.77. The molecule has 0 radical (unpaired) electrons. The summed E-state index contributed by atoms with van der Waals surface area (Å²) in [5.41, 5.74) is -0.702. The van der Waals surface area contributed by atoms with Crippen LogP contribution in [0.15, 0.2) is 40.9 Å². The molecule has 2 heterocycles. The fourth-order valence-electron chi connectivity index (χ4n) is 2.25. The van der Waals surface area contributed by atoms with E-state index in [1.165, 1.54) is 6.07 Å². The van der Waals surface area contributed by atoms with E-state index in [1.807, 2.05) is 0 Å². The number of carbonyl (C=O) groups is 1. The van der Waals surface area contributed by atoms with Crippen molar-refractivity contribution in [1.29, 1.82) is 0 Å². The maximum absolute atomic E-state index is 13.4. The monoisotopic (exact) mass is 413 g/mol. The quantitative estimate of drug-likeness (QED) is 0.598. The van der Waals surface area contributed by atoms with Gasteiger partial charge in [-0.2, -0.15) is 18.3 Å². The highest BCUT2D eigenvalue weighted by molar-refractivity contribution is 9.10. The summed E-state index contributed by atoms with van der Waals surface area (Å²) in [5.74, 6) is -0.800. The molecule has 0 amide bonds. The molecule has 0 aliphatic carbocycles. The van der Waals surface area contributed by atoms with E-state index in [1.54, 1.807) is 31.2 Å². The highest BCUT2D eigenvalue weighted by Crippen LogP contribution is 2.32. The topological polar surface area (TPSA) is 56.5 Å². The third kappa shape index (κ3) is 3.51. The lowest BCUT2D eigenvalue weighted by molar-refractivity contribution is -0.142. The van der Waals surface area contributed by atoms with E-state index >= 15 is 0 Å². The summed E-state index contributed by atoms with van der Waals surface area (Å²) in [4.78, 5) is 15.9. The van der Waals surface area contributed by atoms with Crippen LogP contribution in [0.4, 0.5) is 13.2 Å². The minimum Gasteiger partial charge on any atom is -0.461 e. The van der Waals surface area contributed by atoms with Crippen molar-refractivity contribution in [3.05, 3.63) is 52.3 Å². The fraction of sp³-hybridized carbons (Fsp3) is 0.188. The summed E-state index contributed by atoms with van der Waals surface area (Å²) in [6.07, 6.45) is -4.66. The van der Waals surface area contributed by atoms with Gasteiger partial charge in [-0.15, -0.1) is 0 Å². The van der Waals surface area contributed by atoms with Crippen molar-refractivity contribution in [2.24, 2.45) is 0 Å². The molecule has 0 bridgehead atoms. The Morgan fingerprint density at radius 3 is 2.52 bits per heavy atom. The van der Waals surface area contributed by atoms with Crippen LogP contribution >= 0.6 is 15.9 Å². The molecule has 0 aliphatic heterocycles. The van der Waals surface area contributed by atoms with Crippen LogP contribution in [0, 0.1) is 0 Å². The lowest BCUT2D eigenvalue weighted by atomic mass is 10.1. The average Bonchev–Trinajstić information content (AvgIpc) is 2.98. The highest BCUT2D eigenvalue weighted by atomic mass is 79.9. The molecule has 0 unspecified atom stereocenters. The van der Waals surface area contributed by atoms with Gasteiger partial charge in [0.25, 0.3) is 0 Å². The van der Waals surface area contributed by atoms with Crippen LogP contribution in [0.2, 0.25) is 0 Å². The van der Waals surface area contributed by atoms with E-state index in [9.17, 15) is 18.0 Å². The second kappa shape index (κ2) is 6.47. The molecule has 0 atom stereocenters. The summed E-state index contributed by atoms with van der Waals surface area (Å²) in [5, 5.41) is 3.70. The molecule has 3 rings (SSSR count). The molecule has 5 nitrogen and oxygen atoms in total. The molecule has 2 aromatic heterocycles. The molecule has 0 fully saturated rings. The van der Waals surface area contributed by atoms with E-state index < -0.39 is 17.8 Å². The van der Waals surface area contributed by atoms with Crippen molar-refractivity contribution in [3.8, 4) is 11.3 Å². The zero-order valence-electron chi connectivity index (χ0n) is 12.8. The number of rotatable bonds is 3. The van der Waals surface area contributed by atoms with Crippen LogP contribution in [0.25, 0.3) is 16.9 Å². The number of halogens is 4. The minimum atomic E-state index is -4.66. The van der Waals surface area contributed by atoms with Crippen molar-refractivity contribution in [2.45, 2.75) is 13.1 Å². The number of hydrogen-bond acceptors (Lipinski definition) is 4. The van der Waals surface area contributed by atoms with Gasteiger partial charge in [-0.3, -0.25) is 0 Å². The Hall–Kier alpha value is -2.42. The molecule has 130 valence electrons. The Morgan fingerprint density at radius 2 is 1.92 bits per heavy atom. The number of aromatic nitrogens is 3. The van der Waals surface area contributed by atoms with Gasteiger partial charge in [0.1, 0.15) is 0 Å². The Labute approximate surface area is 148 Å².